The lowest BCUT2D eigenvalue weighted by atomic mass is 10.1. The third-order valence-corrected chi connectivity index (χ3v) is 3.46. The lowest BCUT2D eigenvalue weighted by molar-refractivity contribution is 0.0696. The van der Waals surface area contributed by atoms with Gasteiger partial charge in [0.15, 0.2) is 0 Å². The molecule has 0 saturated carbocycles. The van der Waals surface area contributed by atoms with Crippen LogP contribution in [-0.2, 0) is 4.74 Å². The van der Waals surface area contributed by atoms with Gasteiger partial charge in [0.1, 0.15) is 11.4 Å². The van der Waals surface area contributed by atoms with Crippen LogP contribution in [0.1, 0.15) is 23.2 Å². The molecule has 0 amide bonds. The Morgan fingerprint density at radius 1 is 1.40 bits per heavy atom. The number of hydrogen-bond acceptors (Lipinski definition) is 4. The van der Waals surface area contributed by atoms with Crippen LogP contribution in [0.15, 0.2) is 30.3 Å². The molecule has 2 N–H and O–H groups in total. The summed E-state index contributed by atoms with van der Waals surface area (Å²) in [6, 6.07) is 9.29. The van der Waals surface area contributed by atoms with Crippen LogP contribution in [0.25, 0.3) is 10.9 Å². The van der Waals surface area contributed by atoms with Crippen LogP contribution in [0.5, 0.6) is 0 Å². The summed E-state index contributed by atoms with van der Waals surface area (Å²) in [5.41, 5.74) is 0.992. The molecule has 1 atom stereocenters. The highest BCUT2D eigenvalue weighted by Crippen LogP contribution is 2.22. The number of fused-ring (bicyclic) bond motifs is 1. The maximum atomic E-state index is 11.4. The van der Waals surface area contributed by atoms with Crippen LogP contribution in [0.4, 0.5) is 5.82 Å². The van der Waals surface area contributed by atoms with E-state index in [0.717, 1.165) is 30.4 Å². The SMILES string of the molecule is O=C(O)c1cc2ccccc2nc1NC1CCCOC1. The molecule has 5 nitrogen and oxygen atoms in total. The van der Waals surface area contributed by atoms with Gasteiger partial charge in [0.25, 0.3) is 0 Å². The molecule has 1 unspecified atom stereocenters. The Hall–Kier alpha value is -2.14. The van der Waals surface area contributed by atoms with E-state index in [1.807, 2.05) is 24.3 Å². The summed E-state index contributed by atoms with van der Waals surface area (Å²) in [4.78, 5) is 15.8. The summed E-state index contributed by atoms with van der Waals surface area (Å²) in [7, 11) is 0. The summed E-state index contributed by atoms with van der Waals surface area (Å²) in [6.45, 7) is 1.36. The fourth-order valence-electron chi connectivity index (χ4n) is 2.44. The van der Waals surface area contributed by atoms with Crippen LogP contribution in [-0.4, -0.2) is 35.3 Å². The van der Waals surface area contributed by atoms with Crippen molar-refractivity contribution in [2.45, 2.75) is 18.9 Å². The van der Waals surface area contributed by atoms with Gasteiger partial charge in [0, 0.05) is 12.0 Å². The zero-order chi connectivity index (χ0) is 13.9. The standard InChI is InChI=1S/C15H16N2O3/c18-15(19)12-8-10-4-1-2-6-13(10)17-14(12)16-11-5-3-7-20-9-11/h1-2,4,6,8,11H,3,5,7,9H2,(H,16,17)(H,18,19). The number of aromatic carboxylic acids is 1. The first-order chi connectivity index (χ1) is 9.74. The molecule has 1 aromatic heterocycles. The Bertz CT molecular complexity index is 636. The molecule has 0 radical (unpaired) electrons. The van der Waals surface area contributed by atoms with E-state index < -0.39 is 5.97 Å². The number of carboxylic acid groups (broad SMARTS) is 1. The molecule has 104 valence electrons. The number of nitrogens with zero attached hydrogens (tertiary/aromatic N) is 1. The van der Waals surface area contributed by atoms with Crippen molar-refractivity contribution >= 4 is 22.7 Å². The zero-order valence-corrected chi connectivity index (χ0v) is 11.0. The van der Waals surface area contributed by atoms with Gasteiger partial charge in [-0.2, -0.15) is 0 Å². The van der Waals surface area contributed by atoms with Crippen molar-refractivity contribution < 1.29 is 14.6 Å². The number of carboxylic acids is 1. The van der Waals surface area contributed by atoms with E-state index in [-0.39, 0.29) is 11.6 Å². The number of nitrogens with one attached hydrogen (secondary N) is 1. The number of carbonyl (C=O) groups is 1. The highest BCUT2D eigenvalue weighted by molar-refractivity contribution is 5.98. The molecular weight excluding hydrogens is 256 g/mol. The lowest BCUT2D eigenvalue weighted by Gasteiger charge is -2.24. The molecule has 0 aliphatic carbocycles. The van der Waals surface area contributed by atoms with Crippen LogP contribution in [0.3, 0.4) is 0 Å². The van der Waals surface area contributed by atoms with Gasteiger partial charge in [-0.05, 0) is 25.0 Å². The number of rotatable bonds is 3. The quantitative estimate of drug-likeness (QED) is 0.898. The summed E-state index contributed by atoms with van der Waals surface area (Å²) < 4.78 is 5.40. The number of anilines is 1. The molecule has 0 spiro atoms. The summed E-state index contributed by atoms with van der Waals surface area (Å²) >= 11 is 0. The summed E-state index contributed by atoms with van der Waals surface area (Å²) in [6.07, 6.45) is 1.95. The van der Waals surface area contributed by atoms with Crippen LogP contribution < -0.4 is 5.32 Å². The molecule has 1 aliphatic heterocycles. The number of ether oxygens (including phenoxy) is 1. The molecule has 1 saturated heterocycles. The predicted octanol–water partition coefficient (Wildman–Crippen LogP) is 2.52. The second-order valence-electron chi connectivity index (χ2n) is 4.94. The summed E-state index contributed by atoms with van der Waals surface area (Å²) in [5.74, 6) is -0.547. The van der Waals surface area contributed by atoms with Crippen molar-refractivity contribution in [2.75, 3.05) is 18.5 Å². The highest BCUT2D eigenvalue weighted by Gasteiger charge is 2.19. The summed E-state index contributed by atoms with van der Waals surface area (Å²) in [5, 5.41) is 13.4. The Kier molecular flexibility index (Phi) is 3.52. The largest absolute Gasteiger partial charge is 0.478 e. The van der Waals surface area contributed by atoms with Gasteiger partial charge in [-0.3, -0.25) is 0 Å². The van der Waals surface area contributed by atoms with Gasteiger partial charge in [0.2, 0.25) is 0 Å². The van der Waals surface area contributed by atoms with E-state index in [0.29, 0.717) is 12.4 Å². The first-order valence-corrected chi connectivity index (χ1v) is 6.71. The van der Waals surface area contributed by atoms with E-state index in [4.69, 9.17) is 4.74 Å². The predicted molar refractivity (Wildman–Crippen MR) is 76.2 cm³/mol. The van der Waals surface area contributed by atoms with E-state index in [2.05, 4.69) is 10.3 Å². The average Bonchev–Trinajstić information content (AvgIpc) is 2.47. The minimum absolute atomic E-state index is 0.121. The number of benzene rings is 1. The fourth-order valence-corrected chi connectivity index (χ4v) is 2.44. The molecule has 1 aromatic carbocycles. The van der Waals surface area contributed by atoms with Crippen LogP contribution in [0.2, 0.25) is 0 Å². The second kappa shape index (κ2) is 5.46. The number of aromatic nitrogens is 1. The zero-order valence-electron chi connectivity index (χ0n) is 11.0. The Balaban J connectivity index is 1.98. The van der Waals surface area contributed by atoms with Gasteiger partial charge < -0.3 is 15.2 Å². The van der Waals surface area contributed by atoms with E-state index in [1.165, 1.54) is 0 Å². The maximum absolute atomic E-state index is 11.4. The van der Waals surface area contributed by atoms with Crippen molar-refractivity contribution in [2.24, 2.45) is 0 Å². The normalized spacial score (nSPS) is 18.9. The maximum Gasteiger partial charge on any atom is 0.339 e. The van der Waals surface area contributed by atoms with Gasteiger partial charge in [-0.1, -0.05) is 18.2 Å². The van der Waals surface area contributed by atoms with Gasteiger partial charge >= 0.3 is 5.97 Å². The lowest BCUT2D eigenvalue weighted by Crippen LogP contribution is -2.31. The van der Waals surface area contributed by atoms with Crippen molar-refractivity contribution in [1.82, 2.24) is 4.98 Å². The van der Waals surface area contributed by atoms with Crippen LogP contribution in [0, 0.1) is 0 Å². The van der Waals surface area contributed by atoms with Gasteiger partial charge in [0.05, 0.1) is 18.2 Å². The first-order valence-electron chi connectivity index (χ1n) is 6.71. The van der Waals surface area contributed by atoms with Crippen molar-refractivity contribution in [3.63, 3.8) is 0 Å². The highest BCUT2D eigenvalue weighted by atomic mass is 16.5. The molecule has 3 rings (SSSR count). The average molecular weight is 272 g/mol. The molecule has 2 heterocycles. The second-order valence-corrected chi connectivity index (χ2v) is 4.94. The van der Waals surface area contributed by atoms with Gasteiger partial charge in [-0.15, -0.1) is 0 Å². The van der Waals surface area contributed by atoms with Crippen LogP contribution >= 0.6 is 0 Å². The van der Waals surface area contributed by atoms with E-state index in [9.17, 15) is 9.90 Å². The minimum Gasteiger partial charge on any atom is -0.478 e. The molecule has 2 aromatic rings. The molecule has 1 aliphatic rings. The first kappa shape index (κ1) is 12.9. The monoisotopic (exact) mass is 272 g/mol. The Morgan fingerprint density at radius 3 is 3.00 bits per heavy atom. The molecule has 0 bridgehead atoms. The van der Waals surface area contributed by atoms with E-state index in [1.54, 1.807) is 6.07 Å². The Labute approximate surface area is 116 Å². The number of para-hydroxylation sites is 1. The topological polar surface area (TPSA) is 71.5 Å². The number of pyridine rings is 1. The third-order valence-electron chi connectivity index (χ3n) is 3.46. The van der Waals surface area contributed by atoms with E-state index >= 15 is 0 Å². The molecule has 1 fully saturated rings. The molecular formula is C15H16N2O3. The smallest absolute Gasteiger partial charge is 0.339 e. The third kappa shape index (κ3) is 2.58. The van der Waals surface area contributed by atoms with Gasteiger partial charge in [-0.25, -0.2) is 9.78 Å². The molecule has 5 heteroatoms. The van der Waals surface area contributed by atoms with Crippen molar-refractivity contribution in [3.8, 4) is 0 Å². The minimum atomic E-state index is -0.970. The molecule has 20 heavy (non-hydrogen) atoms. The fraction of sp³-hybridized carbons (Fsp3) is 0.333. The van der Waals surface area contributed by atoms with Crippen molar-refractivity contribution in [1.29, 1.82) is 0 Å². The van der Waals surface area contributed by atoms with Crippen molar-refractivity contribution in [3.05, 3.63) is 35.9 Å². The Morgan fingerprint density at radius 2 is 2.25 bits per heavy atom. The number of hydrogen-bond donors (Lipinski definition) is 2.